The normalized spacial score (nSPS) is 41.3. The number of urea groups is 1. The van der Waals surface area contributed by atoms with E-state index in [-0.39, 0.29) is 52.4 Å². The lowest BCUT2D eigenvalue weighted by Gasteiger charge is -2.72. The summed E-state index contributed by atoms with van der Waals surface area (Å²) in [6.07, 6.45) is 15.5. The molecule has 2 unspecified atom stereocenters. The molecule has 7 heteroatoms. The zero-order valence-corrected chi connectivity index (χ0v) is 31.2. The van der Waals surface area contributed by atoms with Crippen LogP contribution in [0.3, 0.4) is 0 Å². The predicted octanol–water partition coefficient (Wildman–Crippen LogP) is 7.75. The zero-order valence-electron chi connectivity index (χ0n) is 31.2. The number of aliphatic hydroxyl groups is 2. The van der Waals surface area contributed by atoms with Crippen LogP contribution >= 0.6 is 0 Å². The Morgan fingerprint density at radius 1 is 0.816 bits per heavy atom. The van der Waals surface area contributed by atoms with Crippen LogP contribution in [-0.2, 0) is 4.74 Å². The highest BCUT2D eigenvalue weighted by Gasteiger charge is 2.72. The van der Waals surface area contributed by atoms with E-state index in [9.17, 15) is 19.8 Å². The minimum Gasteiger partial charge on any atom is -0.465 e. The van der Waals surface area contributed by atoms with E-state index in [1.807, 2.05) is 12.1 Å². The SMILES string of the molecule is COC(=O)c1ccc(C2=CC[C@]3(C)C4CC[C@@H]5C6[C@H](C7(C)CC7)CC[C@]6(NC(=O)NC(CO)CO)CC[C@@]5(C)[C@]4(C)CC[C@H]3C2(C)C)cc1. The Labute approximate surface area is 294 Å². The van der Waals surface area contributed by atoms with Gasteiger partial charge in [0.2, 0.25) is 0 Å². The number of hydrogen-bond donors (Lipinski definition) is 4. The van der Waals surface area contributed by atoms with Gasteiger partial charge in [0.25, 0.3) is 0 Å². The number of nitrogens with one attached hydrogen (secondary N) is 2. The third-order valence-corrected chi connectivity index (χ3v) is 16.7. The van der Waals surface area contributed by atoms with Crippen LogP contribution in [0.4, 0.5) is 4.79 Å². The number of rotatable bonds is 7. The van der Waals surface area contributed by atoms with Gasteiger partial charge in [-0.2, -0.15) is 0 Å². The maximum atomic E-state index is 13.5. The summed E-state index contributed by atoms with van der Waals surface area (Å²) in [7, 11) is 1.43. The van der Waals surface area contributed by atoms with E-state index < -0.39 is 6.04 Å². The van der Waals surface area contributed by atoms with Crippen LogP contribution < -0.4 is 10.6 Å². The lowest BCUT2D eigenvalue weighted by Crippen LogP contribution is -2.69. The Balaban J connectivity index is 1.20. The van der Waals surface area contributed by atoms with Crippen LogP contribution in [-0.4, -0.2) is 54.1 Å². The molecule has 4 N–H and O–H groups in total. The Hall–Kier alpha value is -2.38. The first-order chi connectivity index (χ1) is 23.1. The maximum absolute atomic E-state index is 13.5. The molecule has 0 heterocycles. The van der Waals surface area contributed by atoms with E-state index in [0.717, 1.165) is 25.7 Å². The molecule has 0 bridgehead atoms. The molecular formula is C42H62N2O5. The van der Waals surface area contributed by atoms with Gasteiger partial charge < -0.3 is 25.6 Å². The first kappa shape index (κ1) is 35.0. The molecular weight excluding hydrogens is 612 g/mol. The highest BCUT2D eigenvalue weighted by Crippen LogP contribution is 2.78. The molecule has 7 nitrogen and oxygen atoms in total. The van der Waals surface area contributed by atoms with Crippen LogP contribution in [0, 0.1) is 56.7 Å². The standard InChI is InChI=1S/C42H62N2O5/c1-37(2)29(26-8-10-27(11-9-26)35(47)49-7)14-17-39(4)32(37)16-18-41(6)33(39)13-12-31-34-30(38(3)20-21-38)15-19-42(34,23-22-40(31,41)5)44-36(48)43-28(24-45)25-46/h8-11,14,28,30-34,45-46H,12-13,15-25H2,1-7H3,(H2,43,44,48)/t30-,31-,32+,33?,34?,39+,40-,41-,42+/m1/s1. The average Bonchev–Trinajstić information content (AvgIpc) is 3.70. The molecule has 0 radical (unpaired) electrons. The lowest BCUT2D eigenvalue weighted by molar-refractivity contribution is -0.221. The summed E-state index contributed by atoms with van der Waals surface area (Å²) < 4.78 is 4.95. The number of hydrogen-bond acceptors (Lipinski definition) is 5. The van der Waals surface area contributed by atoms with Gasteiger partial charge in [-0.15, -0.1) is 0 Å². The predicted molar refractivity (Wildman–Crippen MR) is 193 cm³/mol. The highest BCUT2D eigenvalue weighted by molar-refractivity contribution is 5.90. The van der Waals surface area contributed by atoms with Crippen molar-refractivity contribution in [2.75, 3.05) is 20.3 Å². The van der Waals surface area contributed by atoms with Crippen molar-refractivity contribution in [3.63, 3.8) is 0 Å². The van der Waals surface area contributed by atoms with Gasteiger partial charge in [-0.05, 0) is 151 Å². The van der Waals surface area contributed by atoms with Gasteiger partial charge in [0.15, 0.2) is 0 Å². The third kappa shape index (κ3) is 5.09. The van der Waals surface area contributed by atoms with Crippen molar-refractivity contribution in [1.82, 2.24) is 10.6 Å². The second-order valence-corrected chi connectivity index (χ2v) is 18.9. The molecule has 0 aromatic heterocycles. The fourth-order valence-electron chi connectivity index (χ4n) is 13.8. The topological polar surface area (TPSA) is 108 Å². The molecule has 7 rings (SSSR count). The second kappa shape index (κ2) is 11.8. The van der Waals surface area contributed by atoms with Crippen molar-refractivity contribution in [3.8, 4) is 0 Å². The van der Waals surface area contributed by atoms with E-state index in [2.05, 4.69) is 70.4 Å². The molecule has 6 aliphatic rings. The molecule has 49 heavy (non-hydrogen) atoms. The van der Waals surface area contributed by atoms with E-state index >= 15 is 0 Å². The zero-order chi connectivity index (χ0) is 35.2. The largest absolute Gasteiger partial charge is 0.465 e. The van der Waals surface area contributed by atoms with Gasteiger partial charge in [-0.25, -0.2) is 9.59 Å². The molecule has 5 saturated carbocycles. The first-order valence-corrected chi connectivity index (χ1v) is 19.3. The number of allylic oxidation sites excluding steroid dienone is 2. The Bertz CT molecular complexity index is 1490. The minimum atomic E-state index is -0.638. The molecule has 1 aromatic carbocycles. The van der Waals surface area contributed by atoms with Crippen molar-refractivity contribution in [1.29, 1.82) is 0 Å². The maximum Gasteiger partial charge on any atom is 0.337 e. The van der Waals surface area contributed by atoms with Gasteiger partial charge in [-0.3, -0.25) is 0 Å². The third-order valence-electron chi connectivity index (χ3n) is 16.7. The molecule has 0 saturated heterocycles. The summed E-state index contributed by atoms with van der Waals surface area (Å²) >= 11 is 0. The van der Waals surface area contributed by atoms with Crippen molar-refractivity contribution in [3.05, 3.63) is 41.5 Å². The van der Waals surface area contributed by atoms with Crippen molar-refractivity contribution >= 4 is 17.6 Å². The van der Waals surface area contributed by atoms with Crippen LogP contribution in [0.5, 0.6) is 0 Å². The molecule has 2 amide bonds. The lowest BCUT2D eigenvalue weighted by atomic mass is 9.32. The van der Waals surface area contributed by atoms with E-state index in [1.54, 1.807) is 0 Å². The Morgan fingerprint density at radius 3 is 2.14 bits per heavy atom. The number of aliphatic hydroxyl groups excluding tert-OH is 2. The van der Waals surface area contributed by atoms with Crippen molar-refractivity contribution in [2.45, 2.75) is 124 Å². The number of methoxy groups -OCH3 is 1. The van der Waals surface area contributed by atoms with Crippen LogP contribution in [0.15, 0.2) is 30.3 Å². The number of esters is 1. The van der Waals surface area contributed by atoms with Crippen molar-refractivity contribution in [2.24, 2.45) is 56.7 Å². The number of benzene rings is 1. The van der Waals surface area contributed by atoms with E-state index in [0.29, 0.717) is 40.6 Å². The monoisotopic (exact) mass is 674 g/mol. The second-order valence-electron chi connectivity index (χ2n) is 18.9. The summed E-state index contributed by atoms with van der Waals surface area (Å²) in [5, 5.41) is 25.8. The van der Waals surface area contributed by atoms with Crippen LogP contribution in [0.2, 0.25) is 0 Å². The fourth-order valence-corrected chi connectivity index (χ4v) is 13.8. The Kier molecular flexibility index (Phi) is 8.46. The summed E-state index contributed by atoms with van der Waals surface area (Å²) in [5.41, 5.74) is 4.01. The summed E-state index contributed by atoms with van der Waals surface area (Å²) in [6.45, 7) is 14.9. The van der Waals surface area contributed by atoms with E-state index in [4.69, 9.17) is 4.74 Å². The number of carbonyl (C=O) groups is 2. The van der Waals surface area contributed by atoms with Gasteiger partial charge in [-0.1, -0.05) is 59.8 Å². The smallest absolute Gasteiger partial charge is 0.337 e. The van der Waals surface area contributed by atoms with Gasteiger partial charge in [0.1, 0.15) is 0 Å². The molecule has 0 aliphatic heterocycles. The number of carbonyl (C=O) groups excluding carboxylic acids is 2. The van der Waals surface area contributed by atoms with Gasteiger partial charge in [0, 0.05) is 5.54 Å². The quantitative estimate of drug-likeness (QED) is 0.221. The number of ether oxygens (including phenoxy) is 1. The summed E-state index contributed by atoms with van der Waals surface area (Å²) in [6, 6.07) is 7.16. The Morgan fingerprint density at radius 2 is 1.51 bits per heavy atom. The van der Waals surface area contributed by atoms with E-state index in [1.165, 1.54) is 63.2 Å². The minimum absolute atomic E-state index is 0.00990. The molecule has 6 aliphatic carbocycles. The molecule has 0 spiro atoms. The number of amides is 2. The van der Waals surface area contributed by atoms with Crippen LogP contribution in [0.1, 0.15) is 128 Å². The molecule has 5 fully saturated rings. The van der Waals surface area contributed by atoms with Crippen LogP contribution in [0.25, 0.3) is 5.57 Å². The average molecular weight is 675 g/mol. The number of fused-ring (bicyclic) bond motifs is 7. The molecule has 270 valence electrons. The summed E-state index contributed by atoms with van der Waals surface area (Å²) in [4.78, 5) is 25.6. The van der Waals surface area contributed by atoms with Gasteiger partial charge >= 0.3 is 12.0 Å². The van der Waals surface area contributed by atoms with Crippen molar-refractivity contribution < 1.29 is 24.5 Å². The molecule has 1 aromatic rings. The summed E-state index contributed by atoms with van der Waals surface area (Å²) in [5.74, 6) is 2.56. The van der Waals surface area contributed by atoms with Gasteiger partial charge in [0.05, 0.1) is 31.9 Å². The highest BCUT2D eigenvalue weighted by atomic mass is 16.5. The first-order valence-electron chi connectivity index (χ1n) is 19.3. The fraction of sp³-hybridized carbons (Fsp3) is 0.762. The molecule has 9 atom stereocenters.